The van der Waals surface area contributed by atoms with Crippen molar-refractivity contribution in [2.75, 3.05) is 5.75 Å². The lowest BCUT2D eigenvalue weighted by atomic mass is 10.3. The maximum Gasteiger partial charge on any atom is 0.266 e. The van der Waals surface area contributed by atoms with Gasteiger partial charge in [0.1, 0.15) is 6.33 Å². The van der Waals surface area contributed by atoms with Crippen LogP contribution in [0.3, 0.4) is 0 Å². The molecule has 0 aliphatic rings. The summed E-state index contributed by atoms with van der Waals surface area (Å²) >= 11 is 0. The van der Waals surface area contributed by atoms with Gasteiger partial charge in [0, 0.05) is 0 Å². The zero-order chi connectivity index (χ0) is 9.73. The second-order valence-electron chi connectivity index (χ2n) is 2.81. The first-order valence-corrected chi connectivity index (χ1v) is 5.90. The number of nitrogens with one attached hydrogen (secondary N) is 1. The normalized spacial score (nSPS) is 11.8. The van der Waals surface area contributed by atoms with Crippen molar-refractivity contribution in [3.05, 3.63) is 6.33 Å². The van der Waals surface area contributed by atoms with Crippen LogP contribution >= 0.6 is 0 Å². The maximum absolute atomic E-state index is 11.4. The van der Waals surface area contributed by atoms with E-state index < -0.39 is 9.84 Å². The van der Waals surface area contributed by atoms with E-state index in [1.807, 2.05) is 6.92 Å². The molecule has 0 fully saturated rings. The predicted molar refractivity (Wildman–Crippen MR) is 48.0 cm³/mol. The first-order chi connectivity index (χ1) is 6.17. The molecule has 1 N–H and O–H groups in total. The van der Waals surface area contributed by atoms with E-state index in [0.717, 1.165) is 12.8 Å². The van der Waals surface area contributed by atoms with E-state index in [4.69, 9.17) is 0 Å². The summed E-state index contributed by atoms with van der Waals surface area (Å²) in [5.41, 5.74) is 0. The second kappa shape index (κ2) is 4.36. The van der Waals surface area contributed by atoms with Crippen LogP contribution in [-0.2, 0) is 9.84 Å². The second-order valence-corrected chi connectivity index (χ2v) is 4.81. The molecule has 0 bridgehead atoms. The van der Waals surface area contributed by atoms with E-state index in [1.54, 1.807) is 0 Å². The average Bonchev–Trinajstić information content (AvgIpc) is 2.56. The molecule has 0 radical (unpaired) electrons. The van der Waals surface area contributed by atoms with Gasteiger partial charge in [0.05, 0.1) is 5.75 Å². The quantitative estimate of drug-likeness (QED) is 0.717. The number of aromatic nitrogens is 3. The highest BCUT2D eigenvalue weighted by Crippen LogP contribution is 2.06. The van der Waals surface area contributed by atoms with E-state index >= 15 is 0 Å². The number of H-pyrrole nitrogens is 1. The lowest BCUT2D eigenvalue weighted by Crippen LogP contribution is -2.08. The number of sulfone groups is 1. The van der Waals surface area contributed by atoms with Crippen LogP contribution in [0.25, 0.3) is 0 Å². The van der Waals surface area contributed by atoms with Gasteiger partial charge in [-0.1, -0.05) is 19.8 Å². The molecule has 0 spiro atoms. The van der Waals surface area contributed by atoms with Gasteiger partial charge in [-0.3, -0.25) is 5.10 Å². The largest absolute Gasteiger partial charge is 0.266 e. The van der Waals surface area contributed by atoms with Crippen molar-refractivity contribution in [1.29, 1.82) is 0 Å². The van der Waals surface area contributed by atoms with Gasteiger partial charge in [-0.15, -0.1) is 5.10 Å². The summed E-state index contributed by atoms with van der Waals surface area (Å²) in [6.07, 6.45) is 3.87. The Balaban J connectivity index is 2.58. The van der Waals surface area contributed by atoms with Crippen molar-refractivity contribution in [3.63, 3.8) is 0 Å². The zero-order valence-electron chi connectivity index (χ0n) is 7.52. The van der Waals surface area contributed by atoms with Gasteiger partial charge in [0.2, 0.25) is 9.84 Å². The molecule has 74 valence electrons. The third-order valence-corrected chi connectivity index (χ3v) is 3.27. The van der Waals surface area contributed by atoms with Crippen molar-refractivity contribution in [3.8, 4) is 0 Å². The molecular weight excluding hydrogens is 190 g/mol. The zero-order valence-corrected chi connectivity index (χ0v) is 8.34. The van der Waals surface area contributed by atoms with E-state index in [9.17, 15) is 8.42 Å². The van der Waals surface area contributed by atoms with Gasteiger partial charge in [0.15, 0.2) is 0 Å². The minimum absolute atomic E-state index is 0.0939. The lowest BCUT2D eigenvalue weighted by molar-refractivity contribution is 0.582. The molecule has 0 aliphatic heterocycles. The van der Waals surface area contributed by atoms with E-state index in [-0.39, 0.29) is 10.9 Å². The van der Waals surface area contributed by atoms with Crippen molar-refractivity contribution in [2.24, 2.45) is 0 Å². The van der Waals surface area contributed by atoms with Crippen LogP contribution in [0, 0.1) is 0 Å². The molecule has 0 saturated carbocycles. The minimum Gasteiger partial charge on any atom is -0.265 e. The van der Waals surface area contributed by atoms with Crippen LogP contribution in [0.1, 0.15) is 26.2 Å². The number of rotatable bonds is 5. The minimum atomic E-state index is -3.24. The molecule has 6 heteroatoms. The fraction of sp³-hybridized carbons (Fsp3) is 0.714. The highest BCUT2D eigenvalue weighted by molar-refractivity contribution is 7.91. The van der Waals surface area contributed by atoms with Gasteiger partial charge < -0.3 is 0 Å². The lowest BCUT2D eigenvalue weighted by Gasteiger charge is -1.97. The van der Waals surface area contributed by atoms with Crippen molar-refractivity contribution in [1.82, 2.24) is 15.2 Å². The van der Waals surface area contributed by atoms with Gasteiger partial charge in [-0.2, -0.15) is 0 Å². The average molecular weight is 203 g/mol. The Morgan fingerprint density at radius 1 is 1.46 bits per heavy atom. The standard InChI is InChI=1S/C7H13N3O2S/c1-2-3-4-5-13(11,12)7-8-6-9-10-7/h6H,2-5H2,1H3,(H,8,9,10). The Hall–Kier alpha value is -0.910. The summed E-state index contributed by atoms with van der Waals surface area (Å²) in [5, 5.41) is 5.83. The summed E-state index contributed by atoms with van der Waals surface area (Å²) in [4.78, 5) is 3.61. The van der Waals surface area contributed by atoms with Gasteiger partial charge in [-0.25, -0.2) is 13.4 Å². The van der Waals surface area contributed by atoms with Gasteiger partial charge >= 0.3 is 0 Å². The highest BCUT2D eigenvalue weighted by Gasteiger charge is 2.17. The van der Waals surface area contributed by atoms with Crippen LogP contribution in [0.5, 0.6) is 0 Å². The molecular formula is C7H13N3O2S. The molecule has 5 nitrogen and oxygen atoms in total. The fourth-order valence-electron chi connectivity index (χ4n) is 0.980. The summed E-state index contributed by atoms with van der Waals surface area (Å²) in [6.45, 7) is 2.03. The van der Waals surface area contributed by atoms with Crippen LogP contribution in [-0.4, -0.2) is 29.4 Å². The third-order valence-electron chi connectivity index (χ3n) is 1.69. The Morgan fingerprint density at radius 3 is 2.77 bits per heavy atom. The summed E-state index contributed by atoms with van der Waals surface area (Å²) in [5.74, 6) is 0.138. The molecule has 0 unspecified atom stereocenters. The molecule has 1 aromatic rings. The van der Waals surface area contributed by atoms with Crippen molar-refractivity contribution < 1.29 is 8.42 Å². The Kier molecular flexibility index (Phi) is 3.41. The van der Waals surface area contributed by atoms with Crippen LogP contribution < -0.4 is 0 Å². The topological polar surface area (TPSA) is 75.7 Å². The first-order valence-electron chi connectivity index (χ1n) is 4.25. The smallest absolute Gasteiger partial charge is 0.265 e. The summed E-state index contributed by atoms with van der Waals surface area (Å²) < 4.78 is 22.8. The van der Waals surface area contributed by atoms with E-state index in [1.165, 1.54) is 6.33 Å². The monoisotopic (exact) mass is 203 g/mol. The summed E-state index contributed by atoms with van der Waals surface area (Å²) in [6, 6.07) is 0. The molecule has 1 rings (SSSR count). The number of nitrogens with zero attached hydrogens (tertiary/aromatic N) is 2. The molecule has 1 heterocycles. The molecule has 1 aromatic heterocycles. The Bertz CT molecular complexity index is 331. The highest BCUT2D eigenvalue weighted by atomic mass is 32.2. The van der Waals surface area contributed by atoms with Gasteiger partial charge in [0.25, 0.3) is 5.16 Å². The maximum atomic E-state index is 11.4. The number of hydrogen-bond donors (Lipinski definition) is 1. The van der Waals surface area contributed by atoms with Crippen LogP contribution in [0.4, 0.5) is 0 Å². The molecule has 0 amide bonds. The van der Waals surface area contributed by atoms with Crippen LogP contribution in [0.15, 0.2) is 11.5 Å². The van der Waals surface area contributed by atoms with Crippen LogP contribution in [0.2, 0.25) is 0 Å². The number of unbranched alkanes of at least 4 members (excludes halogenated alkanes) is 2. The predicted octanol–water partition coefficient (Wildman–Crippen LogP) is 0.769. The number of aromatic amines is 1. The fourth-order valence-corrected chi connectivity index (χ4v) is 2.15. The van der Waals surface area contributed by atoms with E-state index in [2.05, 4.69) is 15.2 Å². The summed E-state index contributed by atoms with van der Waals surface area (Å²) in [7, 11) is -3.24. The molecule has 0 aliphatic carbocycles. The first kappa shape index (κ1) is 10.2. The third kappa shape index (κ3) is 2.80. The van der Waals surface area contributed by atoms with Crippen molar-refractivity contribution in [2.45, 2.75) is 31.3 Å². The SMILES string of the molecule is CCCCCS(=O)(=O)c1nc[nH]n1. The van der Waals surface area contributed by atoms with Crippen molar-refractivity contribution >= 4 is 9.84 Å². The Morgan fingerprint density at radius 2 is 2.23 bits per heavy atom. The number of hydrogen-bond acceptors (Lipinski definition) is 4. The Labute approximate surface area is 77.5 Å². The van der Waals surface area contributed by atoms with E-state index in [0.29, 0.717) is 6.42 Å². The molecule has 0 saturated heterocycles. The molecule has 0 atom stereocenters. The molecule has 0 aromatic carbocycles. The van der Waals surface area contributed by atoms with Gasteiger partial charge in [-0.05, 0) is 6.42 Å². The molecule has 13 heavy (non-hydrogen) atoms.